The molecule has 0 radical (unpaired) electrons. The highest BCUT2D eigenvalue weighted by Gasteiger charge is 2.12. The van der Waals surface area contributed by atoms with Crippen molar-refractivity contribution in [1.82, 2.24) is 15.3 Å². The summed E-state index contributed by atoms with van der Waals surface area (Å²) in [6.07, 6.45) is 1.67. The van der Waals surface area contributed by atoms with Crippen molar-refractivity contribution < 1.29 is 9.21 Å². The Morgan fingerprint density at radius 3 is 2.57 bits per heavy atom. The standard InChI is InChI=1S/C20H13ClN4O2S/c21-15-5-2-1-4-14(15)18(26)25-20(28)23-13-9-7-12(8-10-13)19-24-17-16(27-19)6-3-11-22-17/h1-11H,(H2,23,25,26,28). The molecule has 2 aromatic heterocycles. The third-order valence-electron chi connectivity index (χ3n) is 3.90. The number of thiocarbonyl (C=S) groups is 1. The fraction of sp³-hybridized carbons (Fsp3) is 0. The number of pyridine rings is 1. The maximum absolute atomic E-state index is 12.2. The van der Waals surface area contributed by atoms with Crippen LogP contribution in [0.4, 0.5) is 5.69 Å². The van der Waals surface area contributed by atoms with Crippen LogP contribution in [0.1, 0.15) is 10.4 Å². The summed E-state index contributed by atoms with van der Waals surface area (Å²) in [6.45, 7) is 0. The van der Waals surface area contributed by atoms with E-state index >= 15 is 0 Å². The first-order valence-corrected chi connectivity index (χ1v) is 9.07. The Morgan fingerprint density at radius 2 is 1.82 bits per heavy atom. The van der Waals surface area contributed by atoms with Crippen LogP contribution in [0.15, 0.2) is 71.3 Å². The summed E-state index contributed by atoms with van der Waals surface area (Å²) in [6, 6.07) is 17.7. The van der Waals surface area contributed by atoms with E-state index in [-0.39, 0.29) is 11.0 Å². The first-order valence-electron chi connectivity index (χ1n) is 8.29. The quantitative estimate of drug-likeness (QED) is 0.479. The second-order valence-electron chi connectivity index (χ2n) is 5.81. The monoisotopic (exact) mass is 408 g/mol. The van der Waals surface area contributed by atoms with Crippen LogP contribution in [-0.4, -0.2) is 21.0 Å². The van der Waals surface area contributed by atoms with Crippen molar-refractivity contribution >= 4 is 51.8 Å². The van der Waals surface area contributed by atoms with E-state index in [9.17, 15) is 4.79 Å². The van der Waals surface area contributed by atoms with Crippen molar-refractivity contribution in [3.8, 4) is 11.5 Å². The highest BCUT2D eigenvalue weighted by Crippen LogP contribution is 2.24. The molecule has 4 aromatic rings. The Labute approximate surface area is 170 Å². The molecule has 138 valence electrons. The maximum atomic E-state index is 12.2. The Kier molecular flexibility index (Phi) is 5.01. The van der Waals surface area contributed by atoms with Gasteiger partial charge in [0.05, 0.1) is 10.6 Å². The van der Waals surface area contributed by atoms with Crippen molar-refractivity contribution in [1.29, 1.82) is 0 Å². The zero-order chi connectivity index (χ0) is 19.5. The Morgan fingerprint density at radius 1 is 1.04 bits per heavy atom. The first kappa shape index (κ1) is 18.1. The molecule has 0 atom stereocenters. The number of carbonyl (C=O) groups excluding carboxylic acids is 1. The van der Waals surface area contributed by atoms with Gasteiger partial charge in [0.15, 0.2) is 16.3 Å². The van der Waals surface area contributed by atoms with Crippen LogP contribution < -0.4 is 10.6 Å². The molecule has 0 aliphatic rings. The van der Waals surface area contributed by atoms with Gasteiger partial charge in [-0.15, -0.1) is 0 Å². The van der Waals surface area contributed by atoms with Crippen LogP contribution in [0, 0.1) is 0 Å². The van der Waals surface area contributed by atoms with Crippen LogP contribution in [0.25, 0.3) is 22.7 Å². The first-order chi connectivity index (χ1) is 13.6. The molecule has 28 heavy (non-hydrogen) atoms. The minimum absolute atomic E-state index is 0.170. The number of rotatable bonds is 3. The Hall–Kier alpha value is -3.29. The number of carbonyl (C=O) groups is 1. The number of aromatic nitrogens is 2. The highest BCUT2D eigenvalue weighted by molar-refractivity contribution is 7.80. The predicted molar refractivity (Wildman–Crippen MR) is 112 cm³/mol. The van der Waals surface area contributed by atoms with Crippen LogP contribution in [0.5, 0.6) is 0 Å². The molecule has 0 saturated carbocycles. The molecule has 1 amide bonds. The minimum Gasteiger partial charge on any atom is -0.434 e. The summed E-state index contributed by atoms with van der Waals surface area (Å²) in [4.78, 5) is 20.8. The maximum Gasteiger partial charge on any atom is 0.258 e. The topological polar surface area (TPSA) is 80.0 Å². The van der Waals surface area contributed by atoms with Gasteiger partial charge in [0.1, 0.15) is 0 Å². The van der Waals surface area contributed by atoms with E-state index < -0.39 is 0 Å². The third-order valence-corrected chi connectivity index (χ3v) is 4.43. The van der Waals surface area contributed by atoms with Gasteiger partial charge in [-0.2, -0.15) is 4.98 Å². The van der Waals surface area contributed by atoms with Crippen molar-refractivity contribution in [3.05, 3.63) is 77.4 Å². The average Bonchev–Trinajstić information content (AvgIpc) is 3.13. The van der Waals surface area contributed by atoms with Crippen molar-refractivity contribution in [2.75, 3.05) is 5.32 Å². The summed E-state index contributed by atoms with van der Waals surface area (Å²) in [5.74, 6) is 0.105. The molecule has 0 fully saturated rings. The second kappa shape index (κ2) is 7.75. The molecule has 2 N–H and O–H groups in total. The van der Waals surface area contributed by atoms with E-state index in [0.717, 1.165) is 5.56 Å². The summed E-state index contributed by atoms with van der Waals surface area (Å²) in [7, 11) is 0. The van der Waals surface area contributed by atoms with Gasteiger partial charge in [-0.1, -0.05) is 23.7 Å². The number of fused-ring (bicyclic) bond motifs is 1. The largest absolute Gasteiger partial charge is 0.434 e. The molecular formula is C20H13ClN4O2S. The van der Waals surface area contributed by atoms with Gasteiger partial charge in [0.25, 0.3) is 5.91 Å². The van der Waals surface area contributed by atoms with Crippen LogP contribution in [-0.2, 0) is 0 Å². The summed E-state index contributed by atoms with van der Waals surface area (Å²) < 4.78 is 5.70. The highest BCUT2D eigenvalue weighted by atomic mass is 35.5. The average molecular weight is 409 g/mol. The molecule has 0 spiro atoms. The number of hydrogen-bond donors (Lipinski definition) is 2. The number of nitrogens with one attached hydrogen (secondary N) is 2. The number of hydrogen-bond acceptors (Lipinski definition) is 5. The van der Waals surface area contributed by atoms with Crippen LogP contribution in [0.2, 0.25) is 5.02 Å². The van der Waals surface area contributed by atoms with Gasteiger partial charge >= 0.3 is 0 Å². The number of oxazole rings is 1. The second-order valence-corrected chi connectivity index (χ2v) is 6.63. The molecule has 2 aromatic carbocycles. The number of anilines is 1. The molecule has 0 bridgehead atoms. The molecule has 0 aliphatic heterocycles. The fourth-order valence-electron chi connectivity index (χ4n) is 2.57. The normalized spacial score (nSPS) is 10.6. The summed E-state index contributed by atoms with van der Waals surface area (Å²) in [5, 5.41) is 6.10. The Balaban J connectivity index is 1.43. The zero-order valence-corrected chi connectivity index (χ0v) is 15.9. The molecule has 6 nitrogen and oxygen atoms in total. The van der Waals surface area contributed by atoms with Crippen molar-refractivity contribution in [2.24, 2.45) is 0 Å². The Bertz CT molecular complexity index is 1140. The summed E-state index contributed by atoms with van der Waals surface area (Å²) in [5.41, 5.74) is 3.05. The molecule has 4 rings (SSSR count). The van der Waals surface area contributed by atoms with Crippen LogP contribution >= 0.6 is 23.8 Å². The van der Waals surface area contributed by atoms with Crippen molar-refractivity contribution in [3.63, 3.8) is 0 Å². The number of benzene rings is 2. The lowest BCUT2D eigenvalue weighted by atomic mass is 10.2. The van der Waals surface area contributed by atoms with Gasteiger partial charge in [-0.05, 0) is 60.7 Å². The lowest BCUT2D eigenvalue weighted by molar-refractivity contribution is 0.0978. The molecular weight excluding hydrogens is 396 g/mol. The van der Waals surface area contributed by atoms with Gasteiger partial charge in [0.2, 0.25) is 5.89 Å². The van der Waals surface area contributed by atoms with E-state index in [1.54, 1.807) is 36.5 Å². The summed E-state index contributed by atoms with van der Waals surface area (Å²) >= 11 is 11.2. The number of amides is 1. The fourth-order valence-corrected chi connectivity index (χ4v) is 3.00. The van der Waals surface area contributed by atoms with E-state index in [4.69, 9.17) is 28.2 Å². The van der Waals surface area contributed by atoms with Gasteiger partial charge in [-0.25, -0.2) is 4.98 Å². The molecule has 0 unspecified atom stereocenters. The molecule has 2 heterocycles. The van der Waals surface area contributed by atoms with Gasteiger partial charge < -0.3 is 9.73 Å². The lowest BCUT2D eigenvalue weighted by Crippen LogP contribution is -2.34. The molecule has 8 heteroatoms. The van der Waals surface area contributed by atoms with Crippen molar-refractivity contribution in [2.45, 2.75) is 0 Å². The van der Waals surface area contributed by atoms with E-state index in [1.807, 2.05) is 30.3 Å². The van der Waals surface area contributed by atoms with E-state index in [2.05, 4.69) is 20.6 Å². The SMILES string of the molecule is O=C(NC(=S)Nc1ccc(-c2nc3ncccc3o2)cc1)c1ccccc1Cl. The van der Waals surface area contributed by atoms with E-state index in [1.165, 1.54) is 0 Å². The third kappa shape index (κ3) is 3.85. The van der Waals surface area contributed by atoms with Gasteiger partial charge in [0, 0.05) is 17.4 Å². The lowest BCUT2D eigenvalue weighted by Gasteiger charge is -2.10. The number of nitrogens with zero attached hydrogens (tertiary/aromatic N) is 2. The smallest absolute Gasteiger partial charge is 0.258 e. The molecule has 0 saturated heterocycles. The molecule has 0 aliphatic carbocycles. The predicted octanol–water partition coefficient (Wildman–Crippen LogP) is 4.67. The van der Waals surface area contributed by atoms with Gasteiger partial charge in [-0.3, -0.25) is 10.1 Å². The minimum atomic E-state index is -0.376. The van der Waals surface area contributed by atoms with Crippen LogP contribution in [0.3, 0.4) is 0 Å². The number of halogens is 1. The zero-order valence-electron chi connectivity index (χ0n) is 14.3. The van der Waals surface area contributed by atoms with E-state index in [0.29, 0.717) is 33.4 Å².